The van der Waals surface area contributed by atoms with Crippen LogP contribution in [0.2, 0.25) is 0 Å². The van der Waals surface area contributed by atoms with E-state index < -0.39 is 5.54 Å². The van der Waals surface area contributed by atoms with Gasteiger partial charge in [-0.2, -0.15) is 0 Å². The van der Waals surface area contributed by atoms with E-state index in [1.165, 1.54) is 0 Å². The molecule has 4 nitrogen and oxygen atoms in total. The maximum Gasteiger partial charge on any atom is 0.225 e. The second kappa shape index (κ2) is 6.03. The number of fused-ring (bicyclic) bond motifs is 1. The smallest absolute Gasteiger partial charge is 0.225 e. The third-order valence-electron chi connectivity index (χ3n) is 3.37. The minimum absolute atomic E-state index is 0.216. The first-order valence-corrected chi connectivity index (χ1v) is 6.57. The predicted octanol–water partition coefficient (Wildman–Crippen LogP) is 1.24. The third-order valence-corrected chi connectivity index (χ3v) is 3.37. The van der Waals surface area contributed by atoms with Crippen LogP contribution in [0.3, 0.4) is 0 Å². The van der Waals surface area contributed by atoms with E-state index in [2.05, 4.69) is 5.32 Å². The summed E-state index contributed by atoms with van der Waals surface area (Å²) in [6.07, 6.45) is 0.219. The van der Waals surface area contributed by atoms with Crippen molar-refractivity contribution in [3.05, 3.63) is 48.0 Å². The van der Waals surface area contributed by atoms with Crippen LogP contribution < -0.4 is 5.32 Å². The van der Waals surface area contributed by atoms with Gasteiger partial charge in [0.15, 0.2) is 0 Å². The van der Waals surface area contributed by atoms with Gasteiger partial charge in [-0.25, -0.2) is 0 Å². The molecule has 106 valence electrons. The molecule has 0 atom stereocenters. The number of hydrogen-bond donors (Lipinski definition) is 3. The predicted molar refractivity (Wildman–Crippen MR) is 78.4 cm³/mol. The summed E-state index contributed by atoms with van der Waals surface area (Å²) in [7, 11) is 0. The van der Waals surface area contributed by atoms with Crippen LogP contribution in [-0.4, -0.2) is 34.9 Å². The Morgan fingerprint density at radius 1 is 1.10 bits per heavy atom. The second-order valence-corrected chi connectivity index (χ2v) is 5.24. The van der Waals surface area contributed by atoms with E-state index in [1.54, 1.807) is 6.92 Å². The molecule has 0 aliphatic carbocycles. The van der Waals surface area contributed by atoms with Gasteiger partial charge in [0.1, 0.15) is 0 Å². The molecular formula is C16H19NO3. The third kappa shape index (κ3) is 3.15. The molecule has 3 N–H and O–H groups in total. The fourth-order valence-corrected chi connectivity index (χ4v) is 2.13. The maximum atomic E-state index is 12.1. The number of carbonyl (C=O) groups is 1. The molecule has 20 heavy (non-hydrogen) atoms. The number of nitrogens with one attached hydrogen (secondary N) is 1. The van der Waals surface area contributed by atoms with E-state index in [1.807, 2.05) is 42.5 Å². The van der Waals surface area contributed by atoms with Crippen LogP contribution in [0.1, 0.15) is 12.5 Å². The number of hydrogen-bond acceptors (Lipinski definition) is 3. The van der Waals surface area contributed by atoms with Gasteiger partial charge in [-0.15, -0.1) is 0 Å². The van der Waals surface area contributed by atoms with Crippen LogP contribution >= 0.6 is 0 Å². The van der Waals surface area contributed by atoms with E-state index in [9.17, 15) is 15.0 Å². The highest BCUT2D eigenvalue weighted by molar-refractivity contribution is 5.90. The van der Waals surface area contributed by atoms with E-state index in [0.29, 0.717) is 0 Å². The molecule has 4 heteroatoms. The highest BCUT2D eigenvalue weighted by atomic mass is 16.3. The van der Waals surface area contributed by atoms with Crippen molar-refractivity contribution in [1.82, 2.24) is 5.32 Å². The minimum atomic E-state index is -0.984. The molecule has 0 aromatic heterocycles. The van der Waals surface area contributed by atoms with Crippen molar-refractivity contribution >= 4 is 16.7 Å². The number of rotatable bonds is 5. The first-order valence-electron chi connectivity index (χ1n) is 6.57. The molecule has 0 saturated heterocycles. The summed E-state index contributed by atoms with van der Waals surface area (Å²) in [6.45, 7) is 1.00. The Labute approximate surface area is 118 Å². The second-order valence-electron chi connectivity index (χ2n) is 5.24. The van der Waals surface area contributed by atoms with Crippen LogP contribution in [0.25, 0.3) is 10.8 Å². The Balaban J connectivity index is 2.18. The molecule has 0 saturated carbocycles. The monoisotopic (exact) mass is 273 g/mol. The Hall–Kier alpha value is -1.91. The fraction of sp³-hybridized carbons (Fsp3) is 0.312. The summed E-state index contributed by atoms with van der Waals surface area (Å²) in [5, 5.41) is 23.2. The number of carbonyl (C=O) groups excluding carboxylic acids is 1. The number of aliphatic hydroxyl groups is 2. The Morgan fingerprint density at radius 3 is 2.45 bits per heavy atom. The van der Waals surface area contributed by atoms with Gasteiger partial charge in [0, 0.05) is 0 Å². The molecule has 2 aromatic rings. The highest BCUT2D eigenvalue weighted by Crippen LogP contribution is 2.19. The molecular weight excluding hydrogens is 254 g/mol. The number of amides is 1. The van der Waals surface area contributed by atoms with Crippen LogP contribution in [0, 0.1) is 0 Å². The molecule has 2 aromatic carbocycles. The van der Waals surface area contributed by atoms with E-state index in [4.69, 9.17) is 0 Å². The van der Waals surface area contributed by atoms with E-state index in [0.717, 1.165) is 16.3 Å². The standard InChI is InChI=1S/C16H19NO3/c1-16(10-18,11-19)17-15(20)9-13-7-4-6-12-5-2-3-8-14(12)13/h2-8,18-19H,9-11H2,1H3,(H,17,20). The van der Waals surface area contributed by atoms with Crippen LogP contribution in [0.15, 0.2) is 42.5 Å². The summed E-state index contributed by atoms with van der Waals surface area (Å²) < 4.78 is 0. The van der Waals surface area contributed by atoms with Crippen LogP contribution in [-0.2, 0) is 11.2 Å². The zero-order chi connectivity index (χ0) is 14.6. The van der Waals surface area contributed by atoms with Gasteiger partial charge >= 0.3 is 0 Å². The first-order chi connectivity index (χ1) is 9.58. The Kier molecular flexibility index (Phi) is 4.37. The van der Waals surface area contributed by atoms with E-state index in [-0.39, 0.29) is 25.5 Å². The summed E-state index contributed by atoms with van der Waals surface area (Å²) >= 11 is 0. The molecule has 0 aliphatic heterocycles. The first kappa shape index (κ1) is 14.5. The zero-order valence-corrected chi connectivity index (χ0v) is 11.5. The lowest BCUT2D eigenvalue weighted by Crippen LogP contribution is -2.52. The Morgan fingerprint density at radius 2 is 1.75 bits per heavy atom. The average Bonchev–Trinajstić information content (AvgIpc) is 2.47. The molecule has 0 bridgehead atoms. The van der Waals surface area contributed by atoms with Crippen molar-refractivity contribution in [3.63, 3.8) is 0 Å². The molecule has 0 spiro atoms. The molecule has 2 rings (SSSR count). The molecule has 0 unspecified atom stereocenters. The van der Waals surface area contributed by atoms with Crippen molar-refractivity contribution in [3.8, 4) is 0 Å². The van der Waals surface area contributed by atoms with Gasteiger partial charge in [0.2, 0.25) is 5.91 Å². The number of aliphatic hydroxyl groups excluding tert-OH is 2. The number of benzene rings is 2. The lowest BCUT2D eigenvalue weighted by atomic mass is 10.0. The topological polar surface area (TPSA) is 69.6 Å². The van der Waals surface area contributed by atoms with Gasteiger partial charge in [-0.05, 0) is 23.3 Å². The van der Waals surface area contributed by atoms with Crippen molar-refractivity contribution in [1.29, 1.82) is 0 Å². The normalized spacial score (nSPS) is 11.6. The zero-order valence-electron chi connectivity index (χ0n) is 11.5. The molecule has 0 aliphatic rings. The van der Waals surface area contributed by atoms with Crippen molar-refractivity contribution in [2.45, 2.75) is 18.9 Å². The molecule has 1 amide bonds. The minimum Gasteiger partial charge on any atom is -0.394 e. The van der Waals surface area contributed by atoms with Crippen LogP contribution in [0.5, 0.6) is 0 Å². The molecule has 0 radical (unpaired) electrons. The maximum absolute atomic E-state index is 12.1. The largest absolute Gasteiger partial charge is 0.394 e. The fourth-order valence-electron chi connectivity index (χ4n) is 2.13. The highest BCUT2D eigenvalue weighted by Gasteiger charge is 2.24. The SMILES string of the molecule is CC(CO)(CO)NC(=O)Cc1cccc2ccccc12. The van der Waals surface area contributed by atoms with Gasteiger partial charge in [-0.3, -0.25) is 4.79 Å². The average molecular weight is 273 g/mol. The van der Waals surface area contributed by atoms with Gasteiger partial charge in [0.05, 0.1) is 25.2 Å². The quantitative estimate of drug-likeness (QED) is 0.767. The summed E-state index contributed by atoms with van der Waals surface area (Å²) in [6, 6.07) is 13.7. The van der Waals surface area contributed by atoms with Gasteiger partial charge in [0.25, 0.3) is 0 Å². The van der Waals surface area contributed by atoms with Crippen molar-refractivity contribution in [2.24, 2.45) is 0 Å². The van der Waals surface area contributed by atoms with Crippen LogP contribution in [0.4, 0.5) is 0 Å². The Bertz CT molecular complexity index is 600. The summed E-state index contributed by atoms with van der Waals surface area (Å²) in [4.78, 5) is 12.1. The van der Waals surface area contributed by atoms with E-state index >= 15 is 0 Å². The molecule has 0 heterocycles. The van der Waals surface area contributed by atoms with Crippen molar-refractivity contribution < 1.29 is 15.0 Å². The lowest BCUT2D eigenvalue weighted by Gasteiger charge is -2.26. The summed E-state index contributed by atoms with van der Waals surface area (Å²) in [5.74, 6) is -0.216. The van der Waals surface area contributed by atoms with Crippen molar-refractivity contribution in [2.75, 3.05) is 13.2 Å². The molecule has 0 fully saturated rings. The summed E-state index contributed by atoms with van der Waals surface area (Å²) in [5.41, 5.74) is -0.0550. The van der Waals surface area contributed by atoms with Gasteiger partial charge < -0.3 is 15.5 Å². The van der Waals surface area contributed by atoms with Gasteiger partial charge in [-0.1, -0.05) is 42.5 Å². The lowest BCUT2D eigenvalue weighted by molar-refractivity contribution is -0.123.